The molecule has 4 aromatic carbocycles. The van der Waals surface area contributed by atoms with E-state index < -0.39 is 0 Å². The lowest BCUT2D eigenvalue weighted by molar-refractivity contribution is 0.0903. The van der Waals surface area contributed by atoms with E-state index in [4.69, 9.17) is 10.2 Å². The third-order valence-electron chi connectivity index (χ3n) is 25.7. The van der Waals surface area contributed by atoms with Gasteiger partial charge in [-0.25, -0.2) is 0 Å². The Balaban J connectivity index is 0.000000110. The summed E-state index contributed by atoms with van der Waals surface area (Å²) in [7, 11) is 0. The van der Waals surface area contributed by atoms with E-state index in [-0.39, 0.29) is 56.0 Å². The van der Waals surface area contributed by atoms with Crippen molar-refractivity contribution in [3.05, 3.63) is 331 Å². The number of anilines is 11. The second-order valence-electron chi connectivity index (χ2n) is 40.0. The van der Waals surface area contributed by atoms with Crippen molar-refractivity contribution in [2.45, 2.75) is 133 Å². The summed E-state index contributed by atoms with van der Waals surface area (Å²) in [6.07, 6.45) is 35.2. The van der Waals surface area contributed by atoms with Crippen molar-refractivity contribution in [1.29, 1.82) is 0 Å². The molecule has 0 saturated carbocycles. The van der Waals surface area contributed by atoms with Crippen LogP contribution in [0.4, 0.5) is 62.6 Å². The van der Waals surface area contributed by atoms with Gasteiger partial charge in [0.1, 0.15) is 5.58 Å². The average Bonchev–Trinajstić information content (AvgIpc) is 1.66. The van der Waals surface area contributed by atoms with E-state index >= 15 is 0 Å². The molecule has 0 unspecified atom stereocenters. The average molecular weight is 1820 g/mol. The zero-order valence-corrected chi connectivity index (χ0v) is 78.2. The number of ketones is 5. The number of hydrogen-bond donors (Lipinski definition) is 11. The molecule has 25 nitrogen and oxygen atoms in total. The summed E-state index contributed by atoms with van der Waals surface area (Å²) in [5, 5.41) is 21.6. The number of nitrogens with one attached hydrogen (secondary N) is 10. The molecule has 0 bridgehead atoms. The van der Waals surface area contributed by atoms with E-state index in [9.17, 15) is 24.0 Å². The minimum Gasteiger partial charge on any atom is -0.464 e. The quantitative estimate of drug-likeness (QED) is 0.0425. The summed E-state index contributed by atoms with van der Waals surface area (Å²) in [4.78, 5) is 116. The van der Waals surface area contributed by atoms with Crippen molar-refractivity contribution in [3.63, 3.8) is 0 Å². The summed E-state index contributed by atoms with van der Waals surface area (Å²) in [6.45, 7) is 21.4. The van der Waals surface area contributed by atoms with Crippen LogP contribution in [0, 0.1) is 27.1 Å². The van der Waals surface area contributed by atoms with Crippen molar-refractivity contribution in [1.82, 2.24) is 64.8 Å². The van der Waals surface area contributed by atoms with Gasteiger partial charge in [-0.2, -0.15) is 0 Å². The first kappa shape index (κ1) is 89.9. The molecule has 0 aliphatic heterocycles. The SMILES string of the molecule is CC1(C)CC(=O)c2c([nH]c(-c3ccncc3)c2Nc2ccc3occc3c2)C1.CC1(C)CC(=O)c2c([nH]c(-c3ccncc3)c2Nc2cccc(N)c2)C1.CC1(C)CC(=O)c2c([nH]c(-c3ccncc3)c2Nc2cccnc2)C1.CC1(C)CC(=O)c2c([nH]c(-c3ccncc3)c2Nc2cnc3ccccc3c2)C1.CC1(C)CC(=O)c2c([nH]c(-c3ccncc3)c2Nc2cncc3ccccc23)C1. The Morgan fingerprint density at radius 3 is 1.05 bits per heavy atom. The number of benzene rings is 4. The van der Waals surface area contributed by atoms with Crippen LogP contribution < -0.4 is 32.3 Å². The first-order chi connectivity index (χ1) is 66.0. The molecule has 5 aliphatic carbocycles. The summed E-state index contributed by atoms with van der Waals surface area (Å²) in [5.74, 6) is 0.857. The molecule has 5 aliphatic rings. The minimum absolute atomic E-state index is 0.0317. The number of nitrogen functional groups attached to an aromatic ring is 1. The van der Waals surface area contributed by atoms with Crippen LogP contribution in [0.1, 0.15) is 182 Å². The normalized spacial score (nSPS) is 15.5. The molecule has 23 rings (SSSR count). The lowest BCUT2D eigenvalue weighted by Gasteiger charge is -2.28. The van der Waals surface area contributed by atoms with Gasteiger partial charge in [-0.3, -0.25) is 63.8 Å². The van der Waals surface area contributed by atoms with Gasteiger partial charge >= 0.3 is 0 Å². The zero-order chi connectivity index (χ0) is 95.1. The van der Waals surface area contributed by atoms with Crippen molar-refractivity contribution >= 4 is 124 Å². The Kier molecular flexibility index (Phi) is 24.2. The third kappa shape index (κ3) is 19.5. The minimum atomic E-state index is -0.0529. The van der Waals surface area contributed by atoms with Crippen LogP contribution in [0.25, 0.3) is 88.9 Å². The van der Waals surface area contributed by atoms with Crippen LogP contribution in [0.15, 0.2) is 280 Å². The maximum atomic E-state index is 13.1. The van der Waals surface area contributed by atoms with Gasteiger partial charge in [-0.05, 0) is 187 Å². The molecule has 0 fully saturated rings. The molecule has 12 N–H and O–H groups in total. The van der Waals surface area contributed by atoms with Crippen LogP contribution in [0.2, 0.25) is 0 Å². The number of aromatic amines is 5. The lowest BCUT2D eigenvalue weighted by Crippen LogP contribution is -2.26. The Bertz CT molecular complexity index is 7580. The smallest absolute Gasteiger partial charge is 0.167 e. The van der Waals surface area contributed by atoms with Gasteiger partial charge in [0.25, 0.3) is 0 Å². The standard InChI is InChI=1S/2C24H22N4O.C23H21N3O2.C21H22N4O.C20H20N4O/c1-24(2)11-18-21(20(29)12-24)23(22(27-18)15-7-9-25-10-8-15)28-19-14-26-13-16-5-3-4-6-17(16)19;1-24(2)12-19-21(20(29)13-24)23(22(28-19)15-7-9-25-10-8-15)27-17-11-16-5-3-4-6-18(16)26-14-17;1-23(2)12-17-20(18(27)13-23)22(21(26-17)14-5-8-24-9-6-14)25-16-3-4-19-15(11-16)7-10-28-19;1-21(2)11-16-18(17(26)12-21)20(24-15-5-3-4-14(22)10-15)19(25-16)13-6-8-23-9-7-13;1-20(2)10-15-17(16(25)11-20)19(23-14-4-3-7-22-12-14)18(24-15)13-5-8-21-9-6-13/h3-10,13-14,27-28H,11-12H2,1-2H3;3-11,14,27-28H,12-13H2,1-2H3;3-11,25-26H,12-13H2,1-2H3;3-10,24-25H,11-12,22H2,1-2H3;3-9,12,23-24H,10-11H2,1-2H3. The molecule has 0 saturated heterocycles. The van der Waals surface area contributed by atoms with E-state index in [1.165, 1.54) is 0 Å². The summed E-state index contributed by atoms with van der Waals surface area (Å²) < 4.78 is 5.44. The van der Waals surface area contributed by atoms with Crippen molar-refractivity contribution in [3.8, 4) is 56.3 Å². The summed E-state index contributed by atoms with van der Waals surface area (Å²) in [6, 6.07) is 57.0. The predicted molar refractivity (Wildman–Crippen MR) is 543 cm³/mol. The highest BCUT2D eigenvalue weighted by molar-refractivity contribution is 6.13. The first-order valence-electron chi connectivity index (χ1n) is 46.2. The maximum Gasteiger partial charge on any atom is 0.167 e. The van der Waals surface area contributed by atoms with Crippen molar-refractivity contribution < 1.29 is 28.4 Å². The molecule has 0 amide bonds. The number of Topliss-reactive ketones (excluding diaryl/α,β-unsaturated/α-hetero) is 5. The molecule has 18 aromatic rings. The van der Waals surface area contributed by atoms with E-state index in [0.717, 1.165) is 234 Å². The highest BCUT2D eigenvalue weighted by Gasteiger charge is 2.42. The zero-order valence-electron chi connectivity index (χ0n) is 78.2. The largest absolute Gasteiger partial charge is 0.464 e. The van der Waals surface area contributed by atoms with Gasteiger partial charge in [-0.15, -0.1) is 0 Å². The fourth-order valence-electron chi connectivity index (χ4n) is 19.7. The number of rotatable bonds is 15. The predicted octanol–water partition coefficient (Wildman–Crippen LogP) is 25.7. The van der Waals surface area contributed by atoms with Crippen LogP contribution in [-0.4, -0.2) is 93.7 Å². The second kappa shape index (κ2) is 36.9. The number of furan rings is 1. The van der Waals surface area contributed by atoms with Gasteiger partial charge < -0.3 is 61.7 Å². The van der Waals surface area contributed by atoms with Gasteiger partial charge in [0.05, 0.1) is 132 Å². The van der Waals surface area contributed by atoms with Gasteiger partial charge in [-0.1, -0.05) is 118 Å². The van der Waals surface area contributed by atoms with E-state index in [1.54, 1.807) is 80.6 Å². The Hall–Kier alpha value is -16.3. The number of carbonyl (C=O) groups excluding carboxylic acids is 5. The highest BCUT2D eigenvalue weighted by atomic mass is 16.3. The molecule has 14 heterocycles. The highest BCUT2D eigenvalue weighted by Crippen LogP contribution is 2.51. The number of aromatic nitrogens is 13. The number of carbonyl (C=O) groups is 5. The van der Waals surface area contributed by atoms with Crippen LogP contribution >= 0.6 is 0 Å². The monoisotopic (exact) mass is 1810 g/mol. The number of para-hydroxylation sites is 1. The number of H-pyrrole nitrogens is 5. The van der Waals surface area contributed by atoms with Gasteiger partial charge in [0.15, 0.2) is 28.9 Å². The van der Waals surface area contributed by atoms with Gasteiger partial charge in [0.2, 0.25) is 0 Å². The fraction of sp³-hybridized carbons (Fsp3) is 0.223. The number of nitrogens with two attached hydrogens (primary N) is 1. The molecule has 14 aromatic heterocycles. The summed E-state index contributed by atoms with van der Waals surface area (Å²) >= 11 is 0. The maximum absolute atomic E-state index is 13.1. The van der Waals surface area contributed by atoms with Crippen LogP contribution in [0.5, 0.6) is 0 Å². The van der Waals surface area contributed by atoms with Crippen LogP contribution in [0.3, 0.4) is 0 Å². The Morgan fingerprint density at radius 1 is 0.292 bits per heavy atom. The number of nitrogens with zero attached hydrogens (tertiary/aromatic N) is 8. The molecular weight excluding hydrogens is 1710 g/mol. The Labute approximate surface area is 793 Å². The number of hydrogen-bond acceptors (Lipinski definition) is 20. The fourth-order valence-corrected chi connectivity index (χ4v) is 19.7. The topological polar surface area (TPSA) is 367 Å². The first-order valence-corrected chi connectivity index (χ1v) is 46.2. The van der Waals surface area contributed by atoms with Gasteiger partial charge in [0, 0.05) is 201 Å². The number of fused-ring (bicyclic) bond motifs is 8. The third-order valence-corrected chi connectivity index (χ3v) is 25.7. The molecule has 137 heavy (non-hydrogen) atoms. The van der Waals surface area contributed by atoms with Crippen molar-refractivity contribution in [2.75, 3.05) is 32.3 Å². The molecule has 686 valence electrons. The second-order valence-corrected chi connectivity index (χ2v) is 40.0. The van der Waals surface area contributed by atoms with E-state index in [2.05, 4.69) is 173 Å². The Morgan fingerprint density at radius 2 is 0.650 bits per heavy atom. The number of pyridine rings is 8. The van der Waals surface area contributed by atoms with Crippen molar-refractivity contribution in [2.24, 2.45) is 27.1 Å². The lowest BCUT2D eigenvalue weighted by atomic mass is 9.76. The van der Waals surface area contributed by atoms with Crippen LogP contribution in [-0.2, 0) is 32.1 Å². The van der Waals surface area contributed by atoms with E-state index in [0.29, 0.717) is 37.8 Å². The molecule has 0 spiro atoms. The molecule has 25 heteroatoms. The molecule has 0 radical (unpaired) electrons. The van der Waals surface area contributed by atoms with E-state index in [1.807, 2.05) is 182 Å². The summed E-state index contributed by atoms with van der Waals surface area (Å²) in [5.41, 5.74) is 35.1. The molecule has 0 atom stereocenters. The molecular formula is C112H107N19O6.